The van der Waals surface area contributed by atoms with Crippen molar-refractivity contribution >= 4 is 0 Å². The van der Waals surface area contributed by atoms with Gasteiger partial charge in [-0.2, -0.15) is 5.10 Å². The Balaban J connectivity index is 2.61. The van der Waals surface area contributed by atoms with Crippen LogP contribution in [0.1, 0.15) is 44.1 Å². The van der Waals surface area contributed by atoms with Crippen molar-refractivity contribution < 1.29 is 0 Å². The minimum absolute atomic E-state index is 0.706. The van der Waals surface area contributed by atoms with Crippen LogP contribution in [-0.2, 0) is 13.0 Å². The van der Waals surface area contributed by atoms with Crippen molar-refractivity contribution in [2.45, 2.75) is 54.0 Å². The second-order valence-electron chi connectivity index (χ2n) is 5.76. The molecule has 19 heavy (non-hydrogen) atoms. The normalized spacial score (nSPS) is 11.3. The highest BCUT2D eigenvalue weighted by Crippen LogP contribution is 2.15. The lowest BCUT2D eigenvalue weighted by molar-refractivity contribution is 0.553. The molecule has 0 aliphatic rings. The van der Waals surface area contributed by atoms with Gasteiger partial charge in [-0.15, -0.1) is 0 Å². The van der Waals surface area contributed by atoms with Crippen LogP contribution in [0.2, 0.25) is 0 Å². The molecule has 1 aromatic heterocycles. The van der Waals surface area contributed by atoms with E-state index in [1.807, 2.05) is 0 Å². The molecule has 0 aliphatic heterocycles. The lowest BCUT2D eigenvalue weighted by Crippen LogP contribution is -2.22. The third-order valence-electron chi connectivity index (χ3n) is 3.51. The Morgan fingerprint density at radius 3 is 2.63 bits per heavy atom. The highest BCUT2D eigenvalue weighted by Gasteiger charge is 2.11. The van der Waals surface area contributed by atoms with Gasteiger partial charge in [0.05, 0.1) is 12.2 Å². The molecule has 0 unspecified atom stereocenters. The van der Waals surface area contributed by atoms with E-state index in [2.05, 4.69) is 56.3 Å². The van der Waals surface area contributed by atoms with E-state index in [4.69, 9.17) is 0 Å². The van der Waals surface area contributed by atoms with Gasteiger partial charge in [-0.05, 0) is 51.3 Å². The molecule has 1 rings (SSSR count). The van der Waals surface area contributed by atoms with Gasteiger partial charge in [0.2, 0.25) is 0 Å². The number of nitrogens with one attached hydrogen (secondary N) is 1. The molecule has 0 saturated carbocycles. The van der Waals surface area contributed by atoms with Crippen molar-refractivity contribution in [3.63, 3.8) is 0 Å². The fraction of sp³-hybridized carbons (Fsp3) is 0.688. The molecule has 0 aromatic carbocycles. The second kappa shape index (κ2) is 7.49. The molecule has 0 atom stereocenters. The molecule has 3 heteroatoms. The largest absolute Gasteiger partial charge is 0.316 e. The van der Waals surface area contributed by atoms with E-state index in [0.29, 0.717) is 5.92 Å². The van der Waals surface area contributed by atoms with E-state index in [1.54, 1.807) is 0 Å². The van der Waals surface area contributed by atoms with Crippen molar-refractivity contribution in [1.29, 1.82) is 0 Å². The van der Waals surface area contributed by atoms with Gasteiger partial charge in [-0.25, -0.2) is 0 Å². The molecule has 0 spiro atoms. The van der Waals surface area contributed by atoms with Crippen molar-refractivity contribution in [3.8, 4) is 0 Å². The zero-order chi connectivity index (χ0) is 14.4. The van der Waals surface area contributed by atoms with Crippen molar-refractivity contribution in [3.05, 3.63) is 29.1 Å². The zero-order valence-corrected chi connectivity index (χ0v) is 13.2. The first kappa shape index (κ1) is 16.0. The van der Waals surface area contributed by atoms with E-state index in [1.165, 1.54) is 16.8 Å². The summed E-state index contributed by atoms with van der Waals surface area (Å²) in [5.74, 6) is 0.706. The number of allylic oxidation sites excluding steroid dienone is 1. The molecule has 108 valence electrons. The first-order valence-electron chi connectivity index (χ1n) is 7.35. The van der Waals surface area contributed by atoms with Gasteiger partial charge in [0, 0.05) is 5.69 Å². The second-order valence-corrected chi connectivity index (χ2v) is 5.76. The highest BCUT2D eigenvalue weighted by molar-refractivity contribution is 5.25. The maximum atomic E-state index is 4.64. The van der Waals surface area contributed by atoms with Gasteiger partial charge in [-0.3, -0.25) is 4.68 Å². The molecule has 0 aliphatic carbocycles. The maximum Gasteiger partial charge on any atom is 0.0629 e. The van der Waals surface area contributed by atoms with Gasteiger partial charge in [0.15, 0.2) is 0 Å². The Morgan fingerprint density at radius 2 is 2.05 bits per heavy atom. The van der Waals surface area contributed by atoms with Crippen LogP contribution in [0.4, 0.5) is 0 Å². The molecule has 1 aromatic rings. The van der Waals surface area contributed by atoms with Crippen molar-refractivity contribution in [1.82, 2.24) is 15.1 Å². The molecule has 0 bridgehead atoms. The van der Waals surface area contributed by atoms with Crippen molar-refractivity contribution in [2.24, 2.45) is 5.92 Å². The number of hydrogen-bond acceptors (Lipinski definition) is 2. The molecule has 1 N–H and O–H groups in total. The fourth-order valence-electron chi connectivity index (χ4n) is 2.18. The van der Waals surface area contributed by atoms with Gasteiger partial charge in [0.25, 0.3) is 0 Å². The van der Waals surface area contributed by atoms with Gasteiger partial charge in [-0.1, -0.05) is 32.9 Å². The summed E-state index contributed by atoms with van der Waals surface area (Å²) in [6, 6.07) is 0. The van der Waals surface area contributed by atoms with Crippen LogP contribution in [0.15, 0.2) is 12.2 Å². The van der Waals surface area contributed by atoms with E-state index in [0.717, 1.165) is 38.2 Å². The lowest BCUT2D eigenvalue weighted by atomic mass is 10.1. The minimum atomic E-state index is 0.706. The first-order chi connectivity index (χ1) is 8.95. The quantitative estimate of drug-likeness (QED) is 0.576. The fourth-order valence-corrected chi connectivity index (χ4v) is 2.18. The molecule has 0 amide bonds. The van der Waals surface area contributed by atoms with Gasteiger partial charge >= 0.3 is 0 Å². The predicted molar refractivity (Wildman–Crippen MR) is 82.5 cm³/mol. The van der Waals surface area contributed by atoms with Crippen LogP contribution in [0.25, 0.3) is 0 Å². The predicted octanol–water partition coefficient (Wildman–Crippen LogP) is 3.25. The molecular weight excluding hydrogens is 234 g/mol. The summed E-state index contributed by atoms with van der Waals surface area (Å²) in [7, 11) is 0. The van der Waals surface area contributed by atoms with E-state index >= 15 is 0 Å². The molecular formula is C16H29N3. The van der Waals surface area contributed by atoms with E-state index < -0.39 is 0 Å². The molecule has 0 fully saturated rings. The Bertz CT molecular complexity index is 416. The number of aryl methyl sites for hydroxylation is 1. The molecule has 0 radical (unpaired) electrons. The van der Waals surface area contributed by atoms with Gasteiger partial charge in [0.1, 0.15) is 0 Å². The van der Waals surface area contributed by atoms with Crippen molar-refractivity contribution in [2.75, 3.05) is 13.1 Å². The topological polar surface area (TPSA) is 29.9 Å². The monoisotopic (exact) mass is 263 g/mol. The number of hydrogen-bond donors (Lipinski definition) is 1. The van der Waals surface area contributed by atoms with Crippen LogP contribution in [0.3, 0.4) is 0 Å². The summed E-state index contributed by atoms with van der Waals surface area (Å²) in [6.45, 7) is 17.9. The first-order valence-corrected chi connectivity index (χ1v) is 7.35. The van der Waals surface area contributed by atoms with Crippen LogP contribution < -0.4 is 5.32 Å². The number of nitrogens with zero attached hydrogens (tertiary/aromatic N) is 2. The average molecular weight is 263 g/mol. The van der Waals surface area contributed by atoms with Crippen LogP contribution in [-0.4, -0.2) is 22.9 Å². The molecule has 3 nitrogen and oxygen atoms in total. The average Bonchev–Trinajstić information content (AvgIpc) is 2.60. The standard InChI is InChI=1S/C16H29N3/c1-7-13(4)11-19-15(6)16(14(5)18-19)8-9-17-10-12(2)3/h12,17H,4,7-11H2,1-3,5-6H3. The minimum Gasteiger partial charge on any atom is -0.316 e. The highest BCUT2D eigenvalue weighted by atomic mass is 15.3. The van der Waals surface area contributed by atoms with Gasteiger partial charge < -0.3 is 5.32 Å². The summed E-state index contributed by atoms with van der Waals surface area (Å²) < 4.78 is 2.10. The summed E-state index contributed by atoms with van der Waals surface area (Å²) >= 11 is 0. The van der Waals surface area contributed by atoms with Crippen LogP contribution in [0, 0.1) is 19.8 Å². The maximum absolute atomic E-state index is 4.64. The third-order valence-corrected chi connectivity index (χ3v) is 3.51. The van der Waals surface area contributed by atoms with Crippen LogP contribution >= 0.6 is 0 Å². The molecule has 1 heterocycles. The Morgan fingerprint density at radius 1 is 1.37 bits per heavy atom. The Labute approximate surface area is 118 Å². The third kappa shape index (κ3) is 4.83. The molecule has 0 saturated heterocycles. The Kier molecular flexibility index (Phi) is 6.29. The Hall–Kier alpha value is -1.09. The zero-order valence-electron chi connectivity index (χ0n) is 13.2. The summed E-state index contributed by atoms with van der Waals surface area (Å²) in [5.41, 5.74) is 5.07. The van der Waals surface area contributed by atoms with Crippen LogP contribution in [0.5, 0.6) is 0 Å². The summed E-state index contributed by atoms with van der Waals surface area (Å²) in [4.78, 5) is 0. The smallest absolute Gasteiger partial charge is 0.0629 e. The lowest BCUT2D eigenvalue weighted by Gasteiger charge is -2.08. The van der Waals surface area contributed by atoms with E-state index in [-0.39, 0.29) is 0 Å². The summed E-state index contributed by atoms with van der Waals surface area (Å²) in [6.07, 6.45) is 2.08. The number of rotatable bonds is 8. The SMILES string of the molecule is C=C(CC)Cn1nc(C)c(CCNCC(C)C)c1C. The summed E-state index contributed by atoms with van der Waals surface area (Å²) in [5, 5.41) is 8.13. The van der Waals surface area contributed by atoms with E-state index in [9.17, 15) is 0 Å². The number of aromatic nitrogens is 2.